The van der Waals surface area contributed by atoms with E-state index in [9.17, 15) is 9.59 Å². The summed E-state index contributed by atoms with van der Waals surface area (Å²) in [5.41, 5.74) is 4.15. The minimum atomic E-state index is -0.247. The van der Waals surface area contributed by atoms with E-state index in [1.54, 1.807) is 55.9 Å². The molecule has 3 aromatic heterocycles. The average Bonchev–Trinajstić information content (AvgIpc) is 3.35. The van der Waals surface area contributed by atoms with Crippen molar-refractivity contribution >= 4 is 39.9 Å². The van der Waals surface area contributed by atoms with Crippen molar-refractivity contribution in [2.75, 3.05) is 19.4 Å². The van der Waals surface area contributed by atoms with Crippen LogP contribution in [0.3, 0.4) is 0 Å². The van der Waals surface area contributed by atoms with Gasteiger partial charge in [0, 0.05) is 46.7 Å². The Morgan fingerprint density at radius 2 is 1.79 bits per heavy atom. The van der Waals surface area contributed by atoms with E-state index in [0.29, 0.717) is 27.8 Å². The number of carbonyl (C=O) groups excluding carboxylic acids is 2. The highest BCUT2D eigenvalue weighted by Gasteiger charge is 2.20. The largest absolute Gasteiger partial charge is 0.345 e. The van der Waals surface area contributed by atoms with E-state index in [4.69, 9.17) is 4.98 Å². The fraction of sp³-hybridized carbons (Fsp3) is 0.280. The number of pyridine rings is 1. The van der Waals surface area contributed by atoms with Gasteiger partial charge in [-0.05, 0) is 64.1 Å². The van der Waals surface area contributed by atoms with E-state index >= 15 is 0 Å². The van der Waals surface area contributed by atoms with Gasteiger partial charge >= 0.3 is 0 Å². The van der Waals surface area contributed by atoms with Gasteiger partial charge in [0.2, 0.25) is 0 Å². The van der Waals surface area contributed by atoms with Gasteiger partial charge < -0.3 is 10.2 Å². The number of hydrogen-bond donors (Lipinski definition) is 1. The first-order valence-corrected chi connectivity index (χ1v) is 11.6. The molecule has 0 aliphatic carbocycles. The van der Waals surface area contributed by atoms with Crippen LogP contribution in [0.5, 0.6) is 0 Å². The Bertz CT molecular complexity index is 1350. The van der Waals surface area contributed by atoms with Crippen LogP contribution in [0.2, 0.25) is 0 Å². The number of aryl methyl sites for hydroxylation is 2. The van der Waals surface area contributed by atoms with Gasteiger partial charge in [0.05, 0.1) is 22.8 Å². The van der Waals surface area contributed by atoms with Crippen LogP contribution in [-0.2, 0) is 0 Å². The summed E-state index contributed by atoms with van der Waals surface area (Å²) in [5.74, 6) is -0.334. The lowest BCUT2D eigenvalue weighted by molar-refractivity contribution is 0.0827. The maximum Gasteiger partial charge on any atom is 0.256 e. The van der Waals surface area contributed by atoms with Gasteiger partial charge in [0.25, 0.3) is 11.8 Å². The molecule has 0 saturated carbocycles. The highest BCUT2D eigenvalue weighted by Crippen LogP contribution is 2.32. The van der Waals surface area contributed by atoms with Crippen LogP contribution in [0, 0.1) is 13.8 Å². The maximum absolute atomic E-state index is 13.4. The van der Waals surface area contributed by atoms with Crippen molar-refractivity contribution in [3.05, 3.63) is 63.5 Å². The molecule has 0 unspecified atom stereocenters. The Morgan fingerprint density at radius 1 is 1.09 bits per heavy atom. The number of anilines is 1. The predicted octanol–water partition coefficient (Wildman–Crippen LogP) is 5.31. The number of nitrogens with one attached hydrogen (secondary N) is 1. The van der Waals surface area contributed by atoms with Crippen LogP contribution in [0.1, 0.15) is 50.4 Å². The van der Waals surface area contributed by atoms with Crippen molar-refractivity contribution < 1.29 is 9.59 Å². The first kappa shape index (κ1) is 22.7. The molecular formula is C25H27N5O2S. The smallest absolute Gasteiger partial charge is 0.256 e. The van der Waals surface area contributed by atoms with Crippen LogP contribution in [-0.4, -0.2) is 45.6 Å². The standard InChI is InChI=1S/C25H27N5O2S/c1-14(2)30-23-21(13-26-30)20(12-22(28-23)19-11-15(3)33-16(19)4)24(31)27-18-9-7-17(8-10-18)25(32)29(5)6/h7-14H,1-6H3,(H,27,31). The SMILES string of the molecule is Cc1cc(-c2cc(C(=O)Nc3ccc(C(=O)N(C)C)cc3)c3cnn(C(C)C)c3n2)c(C)s1. The number of rotatable bonds is 5. The number of nitrogens with zero attached hydrogens (tertiary/aromatic N) is 4. The van der Waals surface area contributed by atoms with Gasteiger partial charge in [-0.25, -0.2) is 9.67 Å². The first-order chi connectivity index (χ1) is 15.7. The van der Waals surface area contributed by atoms with E-state index in [1.165, 1.54) is 9.78 Å². The maximum atomic E-state index is 13.4. The van der Waals surface area contributed by atoms with Crippen molar-refractivity contribution in [1.82, 2.24) is 19.7 Å². The van der Waals surface area contributed by atoms with Crippen LogP contribution in [0.4, 0.5) is 5.69 Å². The molecule has 2 amide bonds. The third-order valence-electron chi connectivity index (χ3n) is 5.41. The van der Waals surface area contributed by atoms with Crippen LogP contribution >= 0.6 is 11.3 Å². The highest BCUT2D eigenvalue weighted by molar-refractivity contribution is 7.12. The van der Waals surface area contributed by atoms with Gasteiger partial charge in [-0.15, -0.1) is 11.3 Å². The van der Waals surface area contributed by atoms with E-state index in [2.05, 4.69) is 30.3 Å². The Morgan fingerprint density at radius 3 is 2.36 bits per heavy atom. The third kappa shape index (κ3) is 4.39. The highest BCUT2D eigenvalue weighted by atomic mass is 32.1. The summed E-state index contributed by atoms with van der Waals surface area (Å²) in [6, 6.07) is 10.9. The number of benzene rings is 1. The zero-order valence-electron chi connectivity index (χ0n) is 19.6. The van der Waals surface area contributed by atoms with Crippen molar-refractivity contribution in [3.63, 3.8) is 0 Å². The summed E-state index contributed by atoms with van der Waals surface area (Å²) >= 11 is 1.71. The molecule has 0 saturated heterocycles. The third-order valence-corrected chi connectivity index (χ3v) is 6.38. The summed E-state index contributed by atoms with van der Waals surface area (Å²) in [5, 5.41) is 8.15. The second kappa shape index (κ2) is 8.78. The summed E-state index contributed by atoms with van der Waals surface area (Å²) < 4.78 is 1.84. The number of thiophene rings is 1. The van der Waals surface area contributed by atoms with Gasteiger partial charge in [-0.2, -0.15) is 5.10 Å². The lowest BCUT2D eigenvalue weighted by Gasteiger charge is -2.12. The molecule has 0 aliphatic heterocycles. The number of carbonyl (C=O) groups is 2. The topological polar surface area (TPSA) is 80.1 Å². The lowest BCUT2D eigenvalue weighted by Crippen LogP contribution is -2.21. The summed E-state index contributed by atoms with van der Waals surface area (Å²) in [4.78, 5) is 34.2. The fourth-order valence-corrected chi connectivity index (χ4v) is 4.69. The zero-order valence-corrected chi connectivity index (χ0v) is 20.4. The first-order valence-electron chi connectivity index (χ1n) is 10.7. The van der Waals surface area contributed by atoms with E-state index < -0.39 is 0 Å². The Balaban J connectivity index is 1.75. The van der Waals surface area contributed by atoms with Crippen LogP contribution in [0.25, 0.3) is 22.3 Å². The number of amides is 2. The molecule has 0 fully saturated rings. The second-order valence-electron chi connectivity index (χ2n) is 8.53. The Hall–Kier alpha value is -3.52. The van der Waals surface area contributed by atoms with Gasteiger partial charge in [0.15, 0.2) is 5.65 Å². The van der Waals surface area contributed by atoms with Gasteiger partial charge in [-0.3, -0.25) is 9.59 Å². The predicted molar refractivity (Wildman–Crippen MR) is 133 cm³/mol. The van der Waals surface area contributed by atoms with Crippen molar-refractivity contribution in [1.29, 1.82) is 0 Å². The van der Waals surface area contributed by atoms with Crippen molar-refractivity contribution in [3.8, 4) is 11.3 Å². The van der Waals surface area contributed by atoms with E-state index in [1.807, 2.05) is 24.6 Å². The van der Waals surface area contributed by atoms with Crippen LogP contribution < -0.4 is 5.32 Å². The molecule has 0 aliphatic rings. The fourth-order valence-electron chi connectivity index (χ4n) is 3.76. The minimum Gasteiger partial charge on any atom is -0.345 e. The molecule has 170 valence electrons. The molecule has 0 atom stereocenters. The number of aromatic nitrogens is 3. The molecule has 0 radical (unpaired) electrons. The summed E-state index contributed by atoms with van der Waals surface area (Å²) in [6.45, 7) is 8.21. The van der Waals surface area contributed by atoms with Crippen LogP contribution in [0.15, 0.2) is 42.6 Å². The molecule has 1 N–H and O–H groups in total. The molecular weight excluding hydrogens is 434 g/mol. The minimum absolute atomic E-state index is 0.0871. The molecule has 33 heavy (non-hydrogen) atoms. The average molecular weight is 462 g/mol. The molecule has 7 nitrogen and oxygen atoms in total. The molecule has 0 spiro atoms. The molecule has 1 aromatic carbocycles. The molecule has 4 rings (SSSR count). The van der Waals surface area contributed by atoms with E-state index in [0.717, 1.165) is 16.1 Å². The molecule has 3 heterocycles. The van der Waals surface area contributed by atoms with Crippen molar-refractivity contribution in [2.45, 2.75) is 33.7 Å². The monoisotopic (exact) mass is 461 g/mol. The Labute approximate surface area is 197 Å². The molecule has 4 aromatic rings. The molecule has 8 heteroatoms. The molecule has 0 bridgehead atoms. The number of hydrogen-bond acceptors (Lipinski definition) is 5. The van der Waals surface area contributed by atoms with Crippen molar-refractivity contribution in [2.24, 2.45) is 0 Å². The van der Waals surface area contributed by atoms with E-state index in [-0.39, 0.29) is 17.9 Å². The summed E-state index contributed by atoms with van der Waals surface area (Å²) in [6.07, 6.45) is 1.70. The number of fused-ring (bicyclic) bond motifs is 1. The zero-order chi connectivity index (χ0) is 23.9. The lowest BCUT2D eigenvalue weighted by atomic mass is 10.1. The van der Waals surface area contributed by atoms with Gasteiger partial charge in [-0.1, -0.05) is 0 Å². The normalized spacial score (nSPS) is 11.2. The van der Waals surface area contributed by atoms with Gasteiger partial charge in [0.1, 0.15) is 0 Å². The quantitative estimate of drug-likeness (QED) is 0.437. The second-order valence-corrected chi connectivity index (χ2v) is 9.99. The summed E-state index contributed by atoms with van der Waals surface area (Å²) in [7, 11) is 3.41. The Kier molecular flexibility index (Phi) is 6.03.